The van der Waals surface area contributed by atoms with E-state index in [2.05, 4.69) is 66.2 Å². The summed E-state index contributed by atoms with van der Waals surface area (Å²) in [7, 11) is -30.3. The number of nitriles is 2. The molecule has 136 heavy (non-hydrogen) atoms. The molecular formula is C88H124F6N2O31S9. The van der Waals surface area contributed by atoms with E-state index in [0.717, 1.165) is 57.8 Å². The number of halogens is 6. The summed E-state index contributed by atoms with van der Waals surface area (Å²) in [6.45, 7) is 32.6. The van der Waals surface area contributed by atoms with Crippen LogP contribution in [0.1, 0.15) is 201 Å². The summed E-state index contributed by atoms with van der Waals surface area (Å²) in [5.41, 5.74) is -0.823. The first-order chi connectivity index (χ1) is 62.4. The quantitative estimate of drug-likeness (QED) is 0.144. The number of ether oxygens (including phenoxy) is 2. The summed E-state index contributed by atoms with van der Waals surface area (Å²) in [5.74, 6) is -1.17. The minimum Gasteiger partial charge on any atom is -0.469 e. The van der Waals surface area contributed by atoms with Crippen molar-refractivity contribution in [2.24, 2.45) is 188 Å². The Balaban J connectivity index is 0.0000000982. The lowest BCUT2D eigenvalue weighted by molar-refractivity contribution is -0.190. The van der Waals surface area contributed by atoms with E-state index in [1.165, 1.54) is 14.2 Å². The normalized spacial score (nSPS) is 56.2. The molecule has 0 aromatic heterocycles. The number of alkyl halides is 6. The molecule has 27 fully saturated rings. The van der Waals surface area contributed by atoms with E-state index in [-0.39, 0.29) is 159 Å². The molecule has 27 rings (SSSR count). The molecule has 0 radical (unpaired) electrons. The van der Waals surface area contributed by atoms with Crippen LogP contribution >= 0.6 is 0 Å². The van der Waals surface area contributed by atoms with E-state index in [4.69, 9.17) is 52.9 Å². The number of fused-ring (bicyclic) bond motifs is 9. The van der Waals surface area contributed by atoms with Crippen molar-refractivity contribution in [3.05, 3.63) is 0 Å². The van der Waals surface area contributed by atoms with Gasteiger partial charge in [-0.3, -0.25) is 47.2 Å². The lowest BCUT2D eigenvalue weighted by atomic mass is 9.55. The van der Waals surface area contributed by atoms with Crippen molar-refractivity contribution in [1.29, 1.82) is 10.5 Å². The van der Waals surface area contributed by atoms with Crippen LogP contribution in [0.3, 0.4) is 0 Å². The minimum absolute atomic E-state index is 0.00546. The van der Waals surface area contributed by atoms with Crippen LogP contribution in [0.15, 0.2) is 0 Å². The number of carbonyl (C=O) groups is 2. The Bertz CT molecular complexity index is 6220. The van der Waals surface area contributed by atoms with Crippen molar-refractivity contribution in [2.75, 3.05) is 14.2 Å². The second kappa shape index (κ2) is 30.9. The van der Waals surface area contributed by atoms with Gasteiger partial charge in [0.2, 0.25) is 0 Å². The third-order valence-corrected chi connectivity index (χ3v) is 60.2. The number of nitrogens with zero attached hydrogens (tertiary/aromatic N) is 2. The van der Waals surface area contributed by atoms with Crippen LogP contribution in [0, 0.1) is 211 Å². The van der Waals surface area contributed by atoms with Gasteiger partial charge in [-0.05, 0) is 216 Å². The maximum absolute atomic E-state index is 13.1. The van der Waals surface area contributed by atoms with Crippen molar-refractivity contribution >= 4 is 103 Å². The Hall–Kier alpha value is -3.31. The topological polar surface area (TPSA) is 491 Å². The van der Waals surface area contributed by atoms with E-state index in [1.807, 2.05) is 47.6 Å². The van der Waals surface area contributed by atoms with Gasteiger partial charge in [-0.25, -0.2) is 0 Å². The first-order valence-electron chi connectivity index (χ1n) is 47.9. The van der Waals surface area contributed by atoms with Gasteiger partial charge in [-0.1, -0.05) is 96.9 Å². The van der Waals surface area contributed by atoms with Gasteiger partial charge in [0.05, 0.1) is 109 Å². The molecule has 18 aliphatic carbocycles. The molecular weight excluding hydrogens is 1980 g/mol. The Morgan fingerprint density at radius 2 is 0.824 bits per heavy atom. The molecule has 48 heteroatoms. The average molecular weight is 2110 g/mol. The highest BCUT2D eigenvalue weighted by atomic mass is 32.3. The molecule has 9 saturated heterocycles. The SMILES string of the molecule is CC1C2CC3C1OS(=O)(=O)C3(C#N)C2.CC1C2CC3C1OS(=O)(=O)C3(C(F)(F)F)C2.CC1C2CC3C1OS(=O)(=O)C3(C)C2.CC1C2CC3C1OS(=O)(=O)C3C2C.CC1C2CC3C1OS(=O)(=O)C3C2C#N.CC1C2CC3C1OS(=O)(=O)C3C2C(F)(F)F.CCC12CC3C(C)(C1C)C(C)(OS3(=O)=O)C2(C)C.COC(=O)C12CC3CC1C(OS2(=O)=O)C3C.COC(=O)C1C2CC3C(OS(=O)(=O)C31)C2C. The molecule has 768 valence electrons. The molecule has 0 spiro atoms. The predicted molar refractivity (Wildman–Crippen MR) is 464 cm³/mol. The van der Waals surface area contributed by atoms with Gasteiger partial charge < -0.3 is 9.47 Å². The Labute approximate surface area is 793 Å². The summed E-state index contributed by atoms with van der Waals surface area (Å²) in [5, 5.41) is 15.0. The number of methoxy groups -OCH3 is 2. The van der Waals surface area contributed by atoms with E-state index < -0.39 is 197 Å². The number of carbonyl (C=O) groups excluding carboxylic acids is 2. The molecule has 18 bridgehead atoms. The fourth-order valence-corrected chi connectivity index (χ4v) is 54.4. The van der Waals surface area contributed by atoms with Crippen LogP contribution in [-0.4, -0.2) is 214 Å². The van der Waals surface area contributed by atoms with E-state index >= 15 is 0 Å². The van der Waals surface area contributed by atoms with Gasteiger partial charge >= 0.3 is 24.3 Å². The van der Waals surface area contributed by atoms with Crippen molar-refractivity contribution in [1.82, 2.24) is 0 Å². The average Bonchev–Trinajstić information content (AvgIpc) is 1.45. The number of esters is 2. The maximum Gasteiger partial charge on any atom is 0.410 e. The zero-order valence-corrected chi connectivity index (χ0v) is 86.0. The summed E-state index contributed by atoms with van der Waals surface area (Å²) in [4.78, 5) is 23.5. The molecule has 18 saturated carbocycles. The monoisotopic (exact) mass is 2110 g/mol. The van der Waals surface area contributed by atoms with Gasteiger partial charge in [-0.15, -0.1) is 0 Å². The fourth-order valence-electron chi connectivity index (χ4n) is 35.4. The second-order valence-corrected chi connectivity index (χ2v) is 62.8. The van der Waals surface area contributed by atoms with Crippen molar-refractivity contribution < 1.29 is 159 Å². The molecule has 33 nitrogen and oxygen atoms in total. The van der Waals surface area contributed by atoms with Crippen molar-refractivity contribution in [3.8, 4) is 12.1 Å². The molecule has 0 amide bonds. The smallest absolute Gasteiger partial charge is 0.410 e. The molecule has 9 heterocycles. The predicted octanol–water partition coefficient (Wildman–Crippen LogP) is 9.97. The van der Waals surface area contributed by atoms with E-state index in [1.54, 1.807) is 13.8 Å². The van der Waals surface area contributed by atoms with Crippen LogP contribution < -0.4 is 0 Å². The number of rotatable bonds is 3. The van der Waals surface area contributed by atoms with Gasteiger partial charge in [0.15, 0.2) is 14.2 Å². The highest BCUT2D eigenvalue weighted by Gasteiger charge is 2.88. The summed E-state index contributed by atoms with van der Waals surface area (Å²) >= 11 is 0. The van der Waals surface area contributed by atoms with Gasteiger partial charge in [0.25, 0.3) is 91.1 Å². The first kappa shape index (κ1) is 101. The third kappa shape index (κ3) is 12.7. The fraction of sp³-hybridized carbons (Fsp3) is 0.955. The summed E-state index contributed by atoms with van der Waals surface area (Å²) < 4.78 is 340. The molecule has 0 aromatic rings. The van der Waals surface area contributed by atoms with Crippen molar-refractivity contribution in [2.45, 2.75) is 313 Å². The molecule has 9 aliphatic heterocycles. The Morgan fingerprint density at radius 1 is 0.404 bits per heavy atom. The second-order valence-electron chi connectivity index (χ2n) is 46.6. The molecule has 0 N–H and O–H groups in total. The zero-order valence-electron chi connectivity index (χ0n) is 78.6. The van der Waals surface area contributed by atoms with E-state index in [9.17, 15) is 112 Å². The highest BCUT2D eigenvalue weighted by molar-refractivity contribution is 7.90. The van der Waals surface area contributed by atoms with E-state index in [0.29, 0.717) is 78.9 Å². The van der Waals surface area contributed by atoms with Gasteiger partial charge in [0, 0.05) is 58.2 Å². The lowest BCUT2D eigenvalue weighted by Gasteiger charge is -2.50. The highest BCUT2D eigenvalue weighted by Crippen LogP contribution is 2.83. The first-order valence-corrected chi connectivity index (χ1v) is 60.9. The number of hydrogen-bond donors (Lipinski definition) is 0. The molecule has 0 aromatic carbocycles. The standard InChI is InChI=1S/C14H24O3S.2C10H14O5S.2C9H11F3O3S.2C9H11NO3S.2C9H14O3S/c1-7-14-8-10-12(5,9(14)2)13(6,11(14,3)4)17-18(10,15)16;1-5-6-3-7-8(5)15-16(12,13)10(7,4-6)9(11)14-2;1-4-5-3-6-8(4)15-16(12,13)9(6)7(5)10(11)14-2;1-4-5-2-6-7(4)15-16(13,14)8(6,3-5)9(10,11)12;1-3-4-2-5-7(3)15-16(13,14)8(5)6(4)9(10,11)12;1-5-6-2-7-8(5)13-14(11,12)9(7,3-6)4-10;1-4-5-2-6-8(4)13-14(11,12)9(6)7(5)3-10;1-5-6-3-7-8(5)12-13(10,11)9(7,2)4-6;1-4-6-3-7-8(4)12-13(10,11)9(7)5(6)2/h9-10H,7-8H2,1-6H3;5-8H,3-4H2,1-2H3;4-9H,3H2,1-2H3;4-7H,2-3H2,1H3;3-8H,2H2,1H3;5-8H,2-3H2,1H3;4-9H,2H2,1H3;5-8H,3-4H2,1-2H3;4-9H,3H2,1-2H3. The van der Waals surface area contributed by atoms with Crippen LogP contribution in [-0.2, 0) is 148 Å². The lowest BCUT2D eigenvalue weighted by Crippen LogP contribution is -2.55. The molecule has 27 aliphatic rings. The third-order valence-electron chi connectivity index (χ3n) is 42.8. The summed E-state index contributed by atoms with van der Waals surface area (Å²) in [6.07, 6.45) is -2.16. The zero-order chi connectivity index (χ0) is 100.0. The van der Waals surface area contributed by atoms with Gasteiger partial charge in [0.1, 0.15) is 20.5 Å². The Morgan fingerprint density at radius 3 is 1.31 bits per heavy atom. The Kier molecular flexibility index (Phi) is 23.0. The largest absolute Gasteiger partial charge is 0.469 e. The van der Waals surface area contributed by atoms with Crippen LogP contribution in [0.25, 0.3) is 0 Å². The summed E-state index contributed by atoms with van der Waals surface area (Å²) in [6, 6.07) is 4.15. The molecule has 49 unspecified atom stereocenters. The number of hydrogen-bond acceptors (Lipinski definition) is 33. The maximum atomic E-state index is 13.1. The van der Waals surface area contributed by atoms with Crippen molar-refractivity contribution in [3.63, 3.8) is 0 Å². The van der Waals surface area contributed by atoms with Crippen LogP contribution in [0.4, 0.5) is 26.3 Å². The van der Waals surface area contributed by atoms with Crippen LogP contribution in [0.5, 0.6) is 0 Å². The molecule has 49 atom stereocenters. The minimum atomic E-state index is -4.72. The van der Waals surface area contributed by atoms with Gasteiger partial charge in [-0.2, -0.15) is 113 Å². The van der Waals surface area contributed by atoms with Crippen LogP contribution in [0.2, 0.25) is 0 Å².